The highest BCUT2D eigenvalue weighted by atomic mass is 16.5. The fourth-order valence-electron chi connectivity index (χ4n) is 2.97. The van der Waals surface area contributed by atoms with Crippen molar-refractivity contribution in [3.63, 3.8) is 0 Å². The number of hydrogen-bond acceptors (Lipinski definition) is 4. The summed E-state index contributed by atoms with van der Waals surface area (Å²) in [4.78, 5) is 2.34. The van der Waals surface area contributed by atoms with Crippen LogP contribution >= 0.6 is 0 Å². The number of nitrogens with zero attached hydrogens (tertiary/aromatic N) is 2. The number of benzene rings is 1. The van der Waals surface area contributed by atoms with Gasteiger partial charge in [0.2, 0.25) is 0 Å². The average molecular weight is 287 g/mol. The number of likely N-dealkylation sites (N-methyl/N-ethyl adjacent to an activating group) is 1. The maximum Gasteiger partial charge on any atom is 0.145 e. The van der Waals surface area contributed by atoms with E-state index >= 15 is 0 Å². The third kappa shape index (κ3) is 4.04. The standard InChI is InChI=1S/C17H25N3O/c1-3-19-17(13-18,16-8-5-4-6-9-16)14-20-10-7-11-21-15(2)12-20/h4-6,8-9,15,19H,3,7,10-12,14H2,1-2H3. The molecule has 4 nitrogen and oxygen atoms in total. The summed E-state index contributed by atoms with van der Waals surface area (Å²) in [5.41, 5.74) is 0.382. The smallest absolute Gasteiger partial charge is 0.145 e. The average Bonchev–Trinajstić information content (AvgIpc) is 2.71. The van der Waals surface area contributed by atoms with Crippen LogP contribution < -0.4 is 5.32 Å². The van der Waals surface area contributed by atoms with Gasteiger partial charge >= 0.3 is 0 Å². The quantitative estimate of drug-likeness (QED) is 0.901. The highest BCUT2D eigenvalue weighted by Gasteiger charge is 2.34. The predicted octanol–water partition coefficient (Wildman–Crippen LogP) is 2.13. The minimum Gasteiger partial charge on any atom is -0.377 e. The van der Waals surface area contributed by atoms with Crippen LogP contribution in [0.25, 0.3) is 0 Å². The maximum absolute atomic E-state index is 9.86. The first-order chi connectivity index (χ1) is 10.2. The number of nitriles is 1. The molecular formula is C17H25N3O. The Morgan fingerprint density at radius 1 is 1.43 bits per heavy atom. The third-order valence-electron chi connectivity index (χ3n) is 3.93. The summed E-state index contributed by atoms with van der Waals surface area (Å²) in [6, 6.07) is 12.6. The fourth-order valence-corrected chi connectivity index (χ4v) is 2.97. The molecule has 0 saturated carbocycles. The van der Waals surface area contributed by atoms with Crippen molar-refractivity contribution >= 4 is 0 Å². The minimum absolute atomic E-state index is 0.223. The number of rotatable bonds is 5. The van der Waals surface area contributed by atoms with E-state index in [-0.39, 0.29) is 6.10 Å². The Hall–Kier alpha value is -1.41. The molecule has 1 aromatic carbocycles. The Balaban J connectivity index is 2.22. The van der Waals surface area contributed by atoms with E-state index in [1.54, 1.807) is 0 Å². The van der Waals surface area contributed by atoms with Crippen molar-refractivity contribution < 1.29 is 4.74 Å². The lowest BCUT2D eigenvalue weighted by atomic mass is 9.90. The first-order valence-corrected chi connectivity index (χ1v) is 7.76. The Kier molecular flexibility index (Phi) is 5.75. The van der Waals surface area contributed by atoms with Crippen molar-refractivity contribution in [2.75, 3.05) is 32.8 Å². The Morgan fingerprint density at radius 3 is 2.86 bits per heavy atom. The Bertz CT molecular complexity index is 471. The van der Waals surface area contributed by atoms with Gasteiger partial charge in [-0.3, -0.25) is 10.2 Å². The van der Waals surface area contributed by atoms with E-state index in [2.05, 4.69) is 23.2 Å². The second kappa shape index (κ2) is 7.56. The van der Waals surface area contributed by atoms with Gasteiger partial charge in [-0.2, -0.15) is 5.26 Å². The van der Waals surface area contributed by atoms with Crippen LogP contribution in [0.3, 0.4) is 0 Å². The molecule has 1 fully saturated rings. The summed E-state index contributed by atoms with van der Waals surface area (Å²) in [7, 11) is 0. The Labute approximate surface area is 127 Å². The molecule has 0 spiro atoms. The van der Waals surface area contributed by atoms with E-state index in [1.165, 1.54) is 0 Å². The monoisotopic (exact) mass is 287 g/mol. The Morgan fingerprint density at radius 2 is 2.19 bits per heavy atom. The molecule has 1 saturated heterocycles. The molecule has 1 aliphatic heterocycles. The summed E-state index contributed by atoms with van der Waals surface area (Å²) < 4.78 is 5.70. The molecule has 114 valence electrons. The maximum atomic E-state index is 9.86. The lowest BCUT2D eigenvalue weighted by Gasteiger charge is -2.34. The van der Waals surface area contributed by atoms with Crippen molar-refractivity contribution in [1.29, 1.82) is 5.26 Å². The van der Waals surface area contributed by atoms with E-state index < -0.39 is 5.54 Å². The summed E-state index contributed by atoms with van der Waals surface area (Å²) in [6.07, 6.45) is 1.24. The summed E-state index contributed by atoms with van der Waals surface area (Å²) in [5.74, 6) is 0. The molecule has 0 aliphatic carbocycles. The van der Waals surface area contributed by atoms with Crippen LogP contribution in [-0.4, -0.2) is 43.8 Å². The molecule has 0 radical (unpaired) electrons. The lowest BCUT2D eigenvalue weighted by molar-refractivity contribution is 0.0647. The SMILES string of the molecule is CCNC(C#N)(CN1CCCOC(C)C1)c1ccccc1. The van der Waals surface area contributed by atoms with E-state index in [0.717, 1.165) is 38.2 Å². The highest BCUT2D eigenvalue weighted by molar-refractivity contribution is 5.32. The van der Waals surface area contributed by atoms with Gasteiger partial charge < -0.3 is 4.74 Å². The van der Waals surface area contributed by atoms with Gasteiger partial charge in [0.25, 0.3) is 0 Å². The van der Waals surface area contributed by atoms with Crippen LogP contribution in [0.2, 0.25) is 0 Å². The molecule has 1 aromatic rings. The lowest BCUT2D eigenvalue weighted by Crippen LogP contribution is -2.51. The van der Waals surface area contributed by atoms with E-state index in [4.69, 9.17) is 4.74 Å². The van der Waals surface area contributed by atoms with Crippen LogP contribution in [0.15, 0.2) is 30.3 Å². The molecule has 0 amide bonds. The van der Waals surface area contributed by atoms with Crippen LogP contribution in [0, 0.1) is 11.3 Å². The molecule has 1 aliphatic rings. The van der Waals surface area contributed by atoms with Crippen molar-refractivity contribution in [3.8, 4) is 6.07 Å². The molecular weight excluding hydrogens is 262 g/mol. The molecule has 2 rings (SSSR count). The minimum atomic E-state index is -0.653. The van der Waals surface area contributed by atoms with Crippen molar-refractivity contribution in [2.45, 2.75) is 31.9 Å². The van der Waals surface area contributed by atoms with Gasteiger partial charge in [0.1, 0.15) is 5.54 Å². The number of nitrogens with one attached hydrogen (secondary N) is 1. The largest absolute Gasteiger partial charge is 0.377 e. The second-order valence-corrected chi connectivity index (χ2v) is 5.68. The fraction of sp³-hybridized carbons (Fsp3) is 0.588. The predicted molar refractivity (Wildman–Crippen MR) is 83.9 cm³/mol. The van der Waals surface area contributed by atoms with Crippen molar-refractivity contribution in [3.05, 3.63) is 35.9 Å². The van der Waals surface area contributed by atoms with E-state index in [0.29, 0.717) is 6.54 Å². The molecule has 21 heavy (non-hydrogen) atoms. The third-order valence-corrected chi connectivity index (χ3v) is 3.93. The zero-order valence-corrected chi connectivity index (χ0v) is 13.0. The first kappa shape index (κ1) is 16.0. The summed E-state index contributed by atoms with van der Waals surface area (Å²) >= 11 is 0. The van der Waals surface area contributed by atoms with Gasteiger partial charge in [-0.25, -0.2) is 0 Å². The summed E-state index contributed by atoms with van der Waals surface area (Å²) in [6.45, 7) is 8.26. The zero-order chi connectivity index (χ0) is 15.1. The first-order valence-electron chi connectivity index (χ1n) is 7.76. The molecule has 4 heteroatoms. The van der Waals surface area contributed by atoms with Gasteiger partial charge in [-0.1, -0.05) is 37.3 Å². The zero-order valence-electron chi connectivity index (χ0n) is 13.0. The van der Waals surface area contributed by atoms with Gasteiger partial charge in [0.05, 0.1) is 12.2 Å². The van der Waals surface area contributed by atoms with Crippen LogP contribution in [0.4, 0.5) is 0 Å². The van der Waals surface area contributed by atoms with E-state index in [1.807, 2.05) is 37.3 Å². The van der Waals surface area contributed by atoms with Crippen molar-refractivity contribution in [2.24, 2.45) is 0 Å². The second-order valence-electron chi connectivity index (χ2n) is 5.68. The number of ether oxygens (including phenoxy) is 1. The normalized spacial score (nSPS) is 23.0. The van der Waals surface area contributed by atoms with Gasteiger partial charge in [-0.15, -0.1) is 0 Å². The number of hydrogen-bond donors (Lipinski definition) is 1. The topological polar surface area (TPSA) is 48.3 Å². The molecule has 2 atom stereocenters. The van der Waals surface area contributed by atoms with Gasteiger partial charge in [-0.05, 0) is 25.5 Å². The molecule has 2 unspecified atom stereocenters. The van der Waals surface area contributed by atoms with E-state index in [9.17, 15) is 5.26 Å². The van der Waals surface area contributed by atoms with Crippen LogP contribution in [0.5, 0.6) is 0 Å². The molecule has 0 aromatic heterocycles. The van der Waals surface area contributed by atoms with Crippen LogP contribution in [0.1, 0.15) is 25.8 Å². The van der Waals surface area contributed by atoms with Gasteiger partial charge in [0.15, 0.2) is 0 Å². The molecule has 1 N–H and O–H groups in total. The summed E-state index contributed by atoms with van der Waals surface area (Å²) in [5, 5.41) is 13.3. The van der Waals surface area contributed by atoms with Crippen LogP contribution in [-0.2, 0) is 10.3 Å². The molecule has 0 bridgehead atoms. The molecule has 1 heterocycles. The van der Waals surface area contributed by atoms with Crippen molar-refractivity contribution in [1.82, 2.24) is 10.2 Å². The highest BCUT2D eigenvalue weighted by Crippen LogP contribution is 2.23. The van der Waals surface area contributed by atoms with Gasteiger partial charge in [0, 0.05) is 26.2 Å².